The second kappa shape index (κ2) is 5.40. The van der Waals surface area contributed by atoms with Crippen LogP contribution in [0.15, 0.2) is 11.7 Å². The SMILES string of the molecule is CS(=O)(=O)NCCNCc1cncs1. The molecule has 14 heavy (non-hydrogen) atoms. The molecule has 1 aromatic heterocycles. The van der Waals surface area contributed by atoms with Crippen LogP contribution in [0.4, 0.5) is 0 Å². The van der Waals surface area contributed by atoms with Crippen molar-refractivity contribution in [1.29, 1.82) is 0 Å². The maximum atomic E-state index is 10.7. The Morgan fingerprint density at radius 2 is 2.29 bits per heavy atom. The van der Waals surface area contributed by atoms with Crippen LogP contribution in [-0.2, 0) is 16.6 Å². The Hall–Kier alpha value is -0.500. The minimum Gasteiger partial charge on any atom is -0.310 e. The van der Waals surface area contributed by atoms with E-state index in [1.165, 1.54) is 0 Å². The highest BCUT2D eigenvalue weighted by Gasteiger charge is 1.98. The molecule has 0 saturated heterocycles. The molecule has 0 radical (unpaired) electrons. The lowest BCUT2D eigenvalue weighted by molar-refractivity contribution is 0.582. The maximum Gasteiger partial charge on any atom is 0.208 e. The molecule has 1 aromatic rings. The fourth-order valence-electron chi connectivity index (χ4n) is 0.866. The van der Waals surface area contributed by atoms with Crippen molar-refractivity contribution in [3.63, 3.8) is 0 Å². The Morgan fingerprint density at radius 3 is 2.86 bits per heavy atom. The van der Waals surface area contributed by atoms with Gasteiger partial charge in [0, 0.05) is 30.7 Å². The molecule has 1 heterocycles. The maximum absolute atomic E-state index is 10.7. The summed E-state index contributed by atoms with van der Waals surface area (Å²) in [6.07, 6.45) is 2.94. The Labute approximate surface area is 87.6 Å². The monoisotopic (exact) mass is 235 g/mol. The minimum atomic E-state index is -3.06. The van der Waals surface area contributed by atoms with E-state index < -0.39 is 10.0 Å². The lowest BCUT2D eigenvalue weighted by Gasteiger charge is -2.03. The Kier molecular flexibility index (Phi) is 4.46. The van der Waals surface area contributed by atoms with Gasteiger partial charge in [0.25, 0.3) is 0 Å². The molecule has 0 amide bonds. The van der Waals surface area contributed by atoms with Crippen molar-refractivity contribution in [2.45, 2.75) is 6.54 Å². The quantitative estimate of drug-likeness (QED) is 0.669. The Bertz CT molecular complexity index is 347. The Morgan fingerprint density at radius 1 is 1.50 bits per heavy atom. The van der Waals surface area contributed by atoms with Gasteiger partial charge in [0.05, 0.1) is 11.8 Å². The molecule has 0 bridgehead atoms. The summed E-state index contributed by atoms with van der Waals surface area (Å²) in [5, 5.41) is 3.10. The summed E-state index contributed by atoms with van der Waals surface area (Å²) in [7, 11) is -3.06. The normalized spacial score (nSPS) is 11.8. The molecule has 80 valence electrons. The number of aromatic nitrogens is 1. The van der Waals surface area contributed by atoms with Crippen LogP contribution in [-0.4, -0.2) is 32.7 Å². The number of thiazole rings is 1. The highest BCUT2D eigenvalue weighted by molar-refractivity contribution is 7.88. The first-order valence-electron chi connectivity index (χ1n) is 4.10. The lowest BCUT2D eigenvalue weighted by Crippen LogP contribution is -2.30. The van der Waals surface area contributed by atoms with Crippen LogP contribution in [0, 0.1) is 0 Å². The van der Waals surface area contributed by atoms with E-state index in [0.717, 1.165) is 17.7 Å². The first-order valence-corrected chi connectivity index (χ1v) is 6.88. The highest BCUT2D eigenvalue weighted by atomic mass is 32.2. The molecule has 0 saturated carbocycles. The van der Waals surface area contributed by atoms with Crippen molar-refractivity contribution in [3.8, 4) is 0 Å². The molecule has 2 N–H and O–H groups in total. The second-order valence-corrected chi connectivity index (χ2v) is 5.61. The third kappa shape index (κ3) is 5.28. The van der Waals surface area contributed by atoms with Gasteiger partial charge in [0.15, 0.2) is 0 Å². The van der Waals surface area contributed by atoms with Gasteiger partial charge in [0.1, 0.15) is 0 Å². The van der Waals surface area contributed by atoms with Crippen LogP contribution in [0.2, 0.25) is 0 Å². The third-order valence-corrected chi connectivity index (χ3v) is 2.96. The van der Waals surface area contributed by atoms with Gasteiger partial charge in [-0.2, -0.15) is 0 Å². The summed E-state index contributed by atoms with van der Waals surface area (Å²) >= 11 is 1.57. The van der Waals surface area contributed by atoms with E-state index in [1.807, 2.05) is 0 Å². The molecule has 0 atom stereocenters. The molecule has 7 heteroatoms. The fourth-order valence-corrected chi connectivity index (χ4v) is 1.90. The third-order valence-electron chi connectivity index (χ3n) is 1.45. The van der Waals surface area contributed by atoms with Gasteiger partial charge in [-0.3, -0.25) is 4.98 Å². The zero-order valence-electron chi connectivity index (χ0n) is 7.86. The van der Waals surface area contributed by atoms with Crippen LogP contribution in [0.25, 0.3) is 0 Å². The molecule has 0 aliphatic carbocycles. The first-order chi connectivity index (χ1) is 6.58. The van der Waals surface area contributed by atoms with Crippen molar-refractivity contribution in [1.82, 2.24) is 15.0 Å². The Balaban J connectivity index is 2.06. The number of hydrogen-bond donors (Lipinski definition) is 2. The molecule has 5 nitrogen and oxygen atoms in total. The van der Waals surface area contributed by atoms with E-state index >= 15 is 0 Å². The van der Waals surface area contributed by atoms with Crippen molar-refractivity contribution in [2.24, 2.45) is 0 Å². The summed E-state index contributed by atoms with van der Waals surface area (Å²) in [4.78, 5) is 5.07. The minimum absolute atomic E-state index is 0.414. The average Bonchev–Trinajstić information content (AvgIpc) is 2.54. The highest BCUT2D eigenvalue weighted by Crippen LogP contribution is 2.03. The van der Waals surface area contributed by atoms with E-state index in [1.54, 1.807) is 23.0 Å². The van der Waals surface area contributed by atoms with Crippen molar-refractivity contribution >= 4 is 21.4 Å². The van der Waals surface area contributed by atoms with Crippen LogP contribution >= 0.6 is 11.3 Å². The van der Waals surface area contributed by atoms with Crippen LogP contribution < -0.4 is 10.0 Å². The van der Waals surface area contributed by atoms with Crippen LogP contribution in [0.3, 0.4) is 0 Å². The van der Waals surface area contributed by atoms with E-state index in [0.29, 0.717) is 13.1 Å². The van der Waals surface area contributed by atoms with E-state index in [-0.39, 0.29) is 0 Å². The summed E-state index contributed by atoms with van der Waals surface area (Å²) in [6, 6.07) is 0. The van der Waals surface area contributed by atoms with Crippen LogP contribution in [0.5, 0.6) is 0 Å². The molecule has 0 fully saturated rings. The lowest BCUT2D eigenvalue weighted by atomic mass is 10.5. The summed E-state index contributed by atoms with van der Waals surface area (Å²) in [5.41, 5.74) is 1.77. The summed E-state index contributed by atoms with van der Waals surface area (Å²) < 4.78 is 23.8. The van der Waals surface area contributed by atoms with Gasteiger partial charge in [-0.05, 0) is 0 Å². The number of rotatable bonds is 6. The van der Waals surface area contributed by atoms with Crippen molar-refractivity contribution in [2.75, 3.05) is 19.3 Å². The smallest absolute Gasteiger partial charge is 0.208 e. The van der Waals surface area contributed by atoms with Crippen molar-refractivity contribution < 1.29 is 8.42 Å². The molecule has 0 aliphatic heterocycles. The topological polar surface area (TPSA) is 71.1 Å². The number of sulfonamides is 1. The van der Waals surface area contributed by atoms with E-state index in [2.05, 4.69) is 15.0 Å². The standard InChI is InChI=1S/C7H13N3O2S2/c1-14(11,12)10-3-2-8-4-7-5-9-6-13-7/h5-6,8,10H,2-4H2,1H3. The largest absolute Gasteiger partial charge is 0.310 e. The molecule has 0 aromatic carbocycles. The summed E-state index contributed by atoms with van der Waals surface area (Å²) in [5.74, 6) is 0. The van der Waals surface area contributed by atoms with Gasteiger partial charge in [-0.15, -0.1) is 11.3 Å². The van der Waals surface area contributed by atoms with Gasteiger partial charge < -0.3 is 5.32 Å². The van der Waals surface area contributed by atoms with Gasteiger partial charge in [-0.25, -0.2) is 13.1 Å². The second-order valence-electron chi connectivity index (χ2n) is 2.81. The van der Waals surface area contributed by atoms with Gasteiger partial charge in [-0.1, -0.05) is 0 Å². The predicted molar refractivity (Wildman–Crippen MR) is 56.7 cm³/mol. The zero-order chi connectivity index (χ0) is 10.4. The number of hydrogen-bond acceptors (Lipinski definition) is 5. The predicted octanol–water partition coefficient (Wildman–Crippen LogP) is -0.218. The van der Waals surface area contributed by atoms with Crippen LogP contribution in [0.1, 0.15) is 4.88 Å². The first kappa shape index (κ1) is 11.6. The zero-order valence-corrected chi connectivity index (χ0v) is 9.49. The van der Waals surface area contributed by atoms with Gasteiger partial charge in [0.2, 0.25) is 10.0 Å². The summed E-state index contributed by atoms with van der Waals surface area (Å²) in [6.45, 7) is 1.76. The van der Waals surface area contributed by atoms with Gasteiger partial charge >= 0.3 is 0 Å². The fraction of sp³-hybridized carbons (Fsp3) is 0.571. The number of nitrogens with zero attached hydrogens (tertiary/aromatic N) is 1. The van der Waals surface area contributed by atoms with E-state index in [9.17, 15) is 8.42 Å². The molecule has 0 spiro atoms. The molecule has 0 unspecified atom stereocenters. The van der Waals surface area contributed by atoms with Crippen molar-refractivity contribution in [3.05, 3.63) is 16.6 Å². The number of nitrogens with one attached hydrogen (secondary N) is 2. The molecular weight excluding hydrogens is 222 g/mol. The average molecular weight is 235 g/mol. The molecule has 1 rings (SSSR count). The molecule has 0 aliphatic rings. The molecular formula is C7H13N3O2S2. The van der Waals surface area contributed by atoms with E-state index in [4.69, 9.17) is 0 Å².